The monoisotopic (exact) mass is 281 g/mol. The van der Waals surface area contributed by atoms with Crippen LogP contribution in [0.3, 0.4) is 0 Å². The van der Waals surface area contributed by atoms with Crippen LogP contribution in [0.5, 0.6) is 0 Å². The number of nitrogens with zero attached hydrogens (tertiary/aromatic N) is 1. The Balaban J connectivity index is 1.41. The molecule has 3 N–H and O–H groups in total. The Morgan fingerprint density at radius 3 is 2.55 bits per heavy atom. The van der Waals surface area contributed by atoms with Gasteiger partial charge in [-0.3, -0.25) is 4.79 Å². The van der Waals surface area contributed by atoms with E-state index in [9.17, 15) is 4.79 Å². The SMILES string of the molecule is CO[C@@H]1C[C@H]2C[C@H](NCC(=O)N3CCC[C@H]3N)C[C@H]2C1. The summed E-state index contributed by atoms with van der Waals surface area (Å²) in [6, 6.07) is 0.505. The summed E-state index contributed by atoms with van der Waals surface area (Å²) in [5.41, 5.74) is 5.93. The molecule has 0 unspecified atom stereocenters. The number of amides is 1. The van der Waals surface area contributed by atoms with E-state index in [2.05, 4.69) is 5.32 Å². The van der Waals surface area contributed by atoms with Crippen molar-refractivity contribution in [2.75, 3.05) is 20.2 Å². The summed E-state index contributed by atoms with van der Waals surface area (Å²) >= 11 is 0. The average Bonchev–Trinajstić information content (AvgIpc) is 3.09. The lowest BCUT2D eigenvalue weighted by Gasteiger charge is -2.23. The van der Waals surface area contributed by atoms with Gasteiger partial charge in [-0.15, -0.1) is 0 Å². The molecule has 2 saturated carbocycles. The normalized spacial score (nSPS) is 40.3. The van der Waals surface area contributed by atoms with Crippen LogP contribution in [0.4, 0.5) is 0 Å². The Kier molecular flexibility index (Phi) is 4.29. The fraction of sp³-hybridized carbons (Fsp3) is 0.933. The lowest BCUT2D eigenvalue weighted by Crippen LogP contribution is -2.46. The Morgan fingerprint density at radius 1 is 1.30 bits per heavy atom. The molecule has 5 atom stereocenters. The molecule has 20 heavy (non-hydrogen) atoms. The van der Waals surface area contributed by atoms with Gasteiger partial charge in [0.1, 0.15) is 0 Å². The molecular weight excluding hydrogens is 254 g/mol. The smallest absolute Gasteiger partial charge is 0.237 e. The van der Waals surface area contributed by atoms with Crippen molar-refractivity contribution in [2.24, 2.45) is 17.6 Å². The molecule has 1 amide bonds. The van der Waals surface area contributed by atoms with Crippen molar-refractivity contribution in [1.82, 2.24) is 10.2 Å². The minimum Gasteiger partial charge on any atom is -0.381 e. The molecule has 5 heteroatoms. The van der Waals surface area contributed by atoms with Crippen molar-refractivity contribution in [3.63, 3.8) is 0 Å². The Bertz CT molecular complexity index is 349. The standard InChI is InChI=1S/C15H27N3O2/c1-20-13-7-10-5-12(6-11(10)8-13)17-9-15(19)18-4-2-3-14(18)16/h10-14,17H,2-9,16H2,1H3/t10-,11+,12+,13-,14-/m0/s1. The number of nitrogens with two attached hydrogens (primary N) is 1. The largest absolute Gasteiger partial charge is 0.381 e. The highest BCUT2D eigenvalue weighted by atomic mass is 16.5. The van der Waals surface area contributed by atoms with Gasteiger partial charge in [-0.1, -0.05) is 0 Å². The highest BCUT2D eigenvalue weighted by molar-refractivity contribution is 5.78. The number of nitrogens with one attached hydrogen (secondary N) is 1. The third-order valence-electron chi connectivity index (χ3n) is 5.47. The van der Waals surface area contributed by atoms with Gasteiger partial charge >= 0.3 is 0 Å². The number of rotatable bonds is 4. The van der Waals surface area contributed by atoms with Gasteiger partial charge in [0, 0.05) is 19.7 Å². The van der Waals surface area contributed by atoms with Crippen molar-refractivity contribution in [1.29, 1.82) is 0 Å². The second kappa shape index (κ2) is 6.00. The maximum atomic E-state index is 12.1. The maximum Gasteiger partial charge on any atom is 0.237 e. The van der Waals surface area contributed by atoms with Crippen LogP contribution in [0.15, 0.2) is 0 Å². The van der Waals surface area contributed by atoms with Gasteiger partial charge in [-0.25, -0.2) is 0 Å². The zero-order valence-electron chi connectivity index (χ0n) is 12.4. The summed E-state index contributed by atoms with van der Waals surface area (Å²) in [7, 11) is 1.82. The quantitative estimate of drug-likeness (QED) is 0.795. The van der Waals surface area contributed by atoms with E-state index in [0.29, 0.717) is 18.7 Å². The molecule has 3 rings (SSSR count). The Morgan fingerprint density at radius 2 is 2.00 bits per heavy atom. The second-order valence-corrected chi connectivity index (χ2v) is 6.70. The fourth-order valence-corrected chi connectivity index (χ4v) is 4.36. The lowest BCUT2D eigenvalue weighted by atomic mass is 10.0. The number of ether oxygens (including phenoxy) is 1. The van der Waals surface area contributed by atoms with E-state index in [0.717, 1.165) is 31.2 Å². The van der Waals surface area contributed by atoms with Crippen LogP contribution in [0.25, 0.3) is 0 Å². The van der Waals surface area contributed by atoms with Crippen molar-refractivity contribution >= 4 is 5.91 Å². The maximum absolute atomic E-state index is 12.1. The molecule has 5 nitrogen and oxygen atoms in total. The molecule has 114 valence electrons. The molecule has 3 aliphatic rings. The summed E-state index contributed by atoms with van der Waals surface area (Å²) in [6.07, 6.45) is 7.18. The van der Waals surface area contributed by atoms with Crippen LogP contribution in [0.2, 0.25) is 0 Å². The van der Waals surface area contributed by atoms with E-state index in [-0.39, 0.29) is 12.1 Å². The topological polar surface area (TPSA) is 67.6 Å². The molecule has 0 radical (unpaired) electrons. The molecule has 0 aromatic heterocycles. The summed E-state index contributed by atoms with van der Waals surface area (Å²) in [6.45, 7) is 1.28. The van der Waals surface area contributed by atoms with Crippen LogP contribution < -0.4 is 11.1 Å². The van der Waals surface area contributed by atoms with Gasteiger partial charge in [0.15, 0.2) is 0 Å². The van der Waals surface area contributed by atoms with Crippen molar-refractivity contribution in [2.45, 2.75) is 56.8 Å². The van der Waals surface area contributed by atoms with E-state index in [1.807, 2.05) is 12.0 Å². The van der Waals surface area contributed by atoms with Gasteiger partial charge in [0.05, 0.1) is 18.8 Å². The Labute approximate surface area is 121 Å². The minimum absolute atomic E-state index is 0.0604. The third kappa shape index (κ3) is 2.85. The highest BCUT2D eigenvalue weighted by Gasteiger charge is 2.41. The van der Waals surface area contributed by atoms with E-state index in [4.69, 9.17) is 10.5 Å². The number of likely N-dealkylation sites (tertiary alicyclic amines) is 1. The predicted octanol–water partition coefficient (Wildman–Crippen LogP) is 0.687. The Hall–Kier alpha value is -0.650. The molecule has 1 saturated heterocycles. The zero-order chi connectivity index (χ0) is 14.1. The predicted molar refractivity (Wildman–Crippen MR) is 77.0 cm³/mol. The van der Waals surface area contributed by atoms with E-state index in [1.165, 1.54) is 25.7 Å². The number of carbonyl (C=O) groups is 1. The number of hydrogen-bond acceptors (Lipinski definition) is 4. The van der Waals surface area contributed by atoms with Crippen molar-refractivity contribution < 1.29 is 9.53 Å². The van der Waals surface area contributed by atoms with Gasteiger partial charge in [0.25, 0.3) is 0 Å². The highest BCUT2D eigenvalue weighted by Crippen LogP contribution is 2.44. The van der Waals surface area contributed by atoms with Crippen molar-refractivity contribution in [3.05, 3.63) is 0 Å². The summed E-state index contributed by atoms with van der Waals surface area (Å²) in [5, 5.41) is 3.45. The summed E-state index contributed by atoms with van der Waals surface area (Å²) < 4.78 is 5.47. The van der Waals surface area contributed by atoms with E-state index < -0.39 is 0 Å². The first-order valence-corrected chi connectivity index (χ1v) is 7.98. The molecule has 0 aromatic carbocycles. The van der Waals surface area contributed by atoms with Gasteiger partial charge < -0.3 is 20.7 Å². The van der Waals surface area contributed by atoms with Crippen LogP contribution in [-0.2, 0) is 9.53 Å². The van der Waals surface area contributed by atoms with Crippen LogP contribution >= 0.6 is 0 Å². The zero-order valence-corrected chi connectivity index (χ0v) is 12.4. The summed E-state index contributed by atoms with van der Waals surface area (Å²) in [5.74, 6) is 1.75. The van der Waals surface area contributed by atoms with Crippen LogP contribution in [0.1, 0.15) is 38.5 Å². The minimum atomic E-state index is -0.0604. The second-order valence-electron chi connectivity index (χ2n) is 6.70. The van der Waals surface area contributed by atoms with Crippen molar-refractivity contribution in [3.8, 4) is 0 Å². The summed E-state index contributed by atoms with van der Waals surface area (Å²) in [4.78, 5) is 13.9. The molecule has 3 fully saturated rings. The average molecular weight is 281 g/mol. The number of fused-ring (bicyclic) bond motifs is 1. The first kappa shape index (κ1) is 14.3. The number of carbonyl (C=O) groups excluding carboxylic acids is 1. The van der Waals surface area contributed by atoms with E-state index in [1.54, 1.807) is 0 Å². The van der Waals surface area contributed by atoms with E-state index >= 15 is 0 Å². The van der Waals surface area contributed by atoms with Crippen LogP contribution in [0, 0.1) is 11.8 Å². The first-order valence-electron chi connectivity index (χ1n) is 7.98. The molecule has 1 heterocycles. The van der Waals surface area contributed by atoms with Gasteiger partial charge in [-0.05, 0) is 50.4 Å². The van der Waals surface area contributed by atoms with Crippen LogP contribution in [-0.4, -0.2) is 49.3 Å². The molecule has 0 bridgehead atoms. The number of hydrogen-bond donors (Lipinski definition) is 2. The molecule has 0 spiro atoms. The third-order valence-corrected chi connectivity index (χ3v) is 5.47. The van der Waals surface area contributed by atoms with Gasteiger partial charge in [-0.2, -0.15) is 0 Å². The molecule has 1 aliphatic heterocycles. The van der Waals surface area contributed by atoms with Gasteiger partial charge in [0.2, 0.25) is 5.91 Å². The first-order chi connectivity index (χ1) is 9.67. The molecule has 2 aliphatic carbocycles. The molecule has 0 aromatic rings. The lowest BCUT2D eigenvalue weighted by molar-refractivity contribution is -0.131. The fourth-order valence-electron chi connectivity index (χ4n) is 4.36. The number of methoxy groups -OCH3 is 1. The molecular formula is C15H27N3O2.